The maximum Gasteiger partial charge on any atom is 0.255 e. The molecule has 0 bridgehead atoms. The second-order valence-corrected chi connectivity index (χ2v) is 5.86. The Morgan fingerprint density at radius 2 is 1.72 bits per heavy atom. The van der Waals surface area contributed by atoms with Crippen LogP contribution in [0.1, 0.15) is 24.2 Å². The highest BCUT2D eigenvalue weighted by atomic mass is 19.1. The van der Waals surface area contributed by atoms with Crippen molar-refractivity contribution < 1.29 is 24.2 Å². The van der Waals surface area contributed by atoms with Gasteiger partial charge in [0.2, 0.25) is 5.91 Å². The van der Waals surface area contributed by atoms with Gasteiger partial charge in [-0.2, -0.15) is 0 Å². The number of para-hydroxylation sites is 2. The zero-order valence-electron chi connectivity index (χ0n) is 13.8. The number of phenolic OH excluding ortho intramolecular Hbond substituents is 2. The van der Waals surface area contributed by atoms with Gasteiger partial charge in [-0.15, -0.1) is 0 Å². The molecule has 6 nitrogen and oxygen atoms in total. The van der Waals surface area contributed by atoms with E-state index >= 15 is 0 Å². The first-order chi connectivity index (χ1) is 11.8. The molecule has 0 fully saturated rings. The van der Waals surface area contributed by atoms with Gasteiger partial charge in [0.25, 0.3) is 5.91 Å². The van der Waals surface area contributed by atoms with E-state index in [2.05, 4.69) is 10.6 Å². The molecule has 2 aromatic rings. The lowest BCUT2D eigenvalue weighted by Gasteiger charge is -2.22. The molecule has 25 heavy (non-hydrogen) atoms. The summed E-state index contributed by atoms with van der Waals surface area (Å²) in [5, 5.41) is 24.5. The Balaban J connectivity index is 2.18. The molecule has 0 radical (unpaired) electrons. The minimum absolute atomic E-state index is 0.104. The number of hydrogen-bond donors (Lipinski definition) is 4. The van der Waals surface area contributed by atoms with Crippen LogP contribution in [0.5, 0.6) is 11.5 Å². The van der Waals surface area contributed by atoms with E-state index in [4.69, 9.17) is 0 Å². The molecule has 2 rings (SSSR count). The second-order valence-electron chi connectivity index (χ2n) is 5.86. The van der Waals surface area contributed by atoms with Gasteiger partial charge in [-0.1, -0.05) is 26.0 Å². The molecule has 0 aromatic heterocycles. The van der Waals surface area contributed by atoms with Crippen molar-refractivity contribution in [1.82, 2.24) is 5.32 Å². The number of carbonyl (C=O) groups is 2. The van der Waals surface area contributed by atoms with Crippen molar-refractivity contribution in [2.45, 2.75) is 19.9 Å². The molecule has 7 heteroatoms. The monoisotopic (exact) mass is 346 g/mol. The summed E-state index contributed by atoms with van der Waals surface area (Å²) in [6, 6.07) is 8.22. The number of amides is 2. The van der Waals surface area contributed by atoms with E-state index in [1.165, 1.54) is 12.1 Å². The molecule has 0 aliphatic rings. The average molecular weight is 346 g/mol. The third kappa shape index (κ3) is 4.47. The summed E-state index contributed by atoms with van der Waals surface area (Å²) in [5.41, 5.74) is -0.0537. The Morgan fingerprint density at radius 3 is 2.36 bits per heavy atom. The SMILES string of the molecule is CC(C)[C@H](NC(=O)c1cc(F)ccc1O)C(=O)Nc1ccccc1O. The van der Waals surface area contributed by atoms with Crippen LogP contribution in [0, 0.1) is 11.7 Å². The molecule has 2 aromatic carbocycles. The minimum Gasteiger partial charge on any atom is -0.507 e. The van der Waals surface area contributed by atoms with Crippen molar-refractivity contribution in [2.75, 3.05) is 5.32 Å². The summed E-state index contributed by atoms with van der Waals surface area (Å²) < 4.78 is 13.3. The lowest BCUT2D eigenvalue weighted by molar-refractivity contribution is -0.118. The number of anilines is 1. The summed E-state index contributed by atoms with van der Waals surface area (Å²) in [5.74, 6) is -2.77. The average Bonchev–Trinajstić information content (AvgIpc) is 2.56. The lowest BCUT2D eigenvalue weighted by Crippen LogP contribution is -2.47. The zero-order chi connectivity index (χ0) is 18.6. The van der Waals surface area contributed by atoms with Crippen molar-refractivity contribution in [2.24, 2.45) is 5.92 Å². The van der Waals surface area contributed by atoms with Crippen molar-refractivity contribution in [1.29, 1.82) is 0 Å². The second kappa shape index (κ2) is 7.65. The van der Waals surface area contributed by atoms with Crippen molar-refractivity contribution >= 4 is 17.5 Å². The molecule has 0 aliphatic carbocycles. The van der Waals surface area contributed by atoms with Crippen molar-refractivity contribution in [3.05, 3.63) is 53.8 Å². The van der Waals surface area contributed by atoms with E-state index in [-0.39, 0.29) is 28.7 Å². The molecular weight excluding hydrogens is 327 g/mol. The predicted octanol–water partition coefficient (Wildman–Crippen LogP) is 2.63. The first-order valence-electron chi connectivity index (χ1n) is 7.68. The van der Waals surface area contributed by atoms with E-state index in [1.54, 1.807) is 26.0 Å². The van der Waals surface area contributed by atoms with Gasteiger partial charge in [-0.05, 0) is 36.2 Å². The minimum atomic E-state index is -0.949. The molecule has 132 valence electrons. The van der Waals surface area contributed by atoms with Crippen LogP contribution < -0.4 is 10.6 Å². The molecule has 0 aliphatic heterocycles. The van der Waals surface area contributed by atoms with Gasteiger partial charge in [0, 0.05) is 0 Å². The Kier molecular flexibility index (Phi) is 5.59. The molecule has 0 heterocycles. The van der Waals surface area contributed by atoms with Crippen LogP contribution in [-0.4, -0.2) is 28.1 Å². The van der Waals surface area contributed by atoms with Gasteiger partial charge in [-0.3, -0.25) is 9.59 Å². The molecule has 0 saturated heterocycles. The number of rotatable bonds is 5. The third-order valence-electron chi connectivity index (χ3n) is 3.60. The fourth-order valence-corrected chi connectivity index (χ4v) is 2.23. The van der Waals surface area contributed by atoms with Crippen LogP contribution in [0.15, 0.2) is 42.5 Å². The summed E-state index contributed by atoms with van der Waals surface area (Å²) in [6.45, 7) is 3.45. The van der Waals surface area contributed by atoms with Crippen LogP contribution in [-0.2, 0) is 4.79 Å². The fraction of sp³-hybridized carbons (Fsp3) is 0.222. The number of phenols is 2. The van der Waals surface area contributed by atoms with Crippen LogP contribution in [0.4, 0.5) is 10.1 Å². The van der Waals surface area contributed by atoms with E-state index < -0.39 is 23.7 Å². The number of nitrogens with one attached hydrogen (secondary N) is 2. The summed E-state index contributed by atoms with van der Waals surface area (Å²) in [4.78, 5) is 24.7. The Morgan fingerprint density at radius 1 is 1.04 bits per heavy atom. The first-order valence-corrected chi connectivity index (χ1v) is 7.68. The van der Waals surface area contributed by atoms with Crippen molar-refractivity contribution in [3.8, 4) is 11.5 Å². The number of carbonyl (C=O) groups excluding carboxylic acids is 2. The topological polar surface area (TPSA) is 98.7 Å². The van der Waals surface area contributed by atoms with Gasteiger partial charge in [0.1, 0.15) is 23.4 Å². The van der Waals surface area contributed by atoms with Gasteiger partial charge in [0.05, 0.1) is 11.3 Å². The van der Waals surface area contributed by atoms with E-state index in [1.807, 2.05) is 0 Å². The number of halogens is 1. The maximum atomic E-state index is 13.3. The number of hydrogen-bond acceptors (Lipinski definition) is 4. The molecule has 0 saturated carbocycles. The van der Waals surface area contributed by atoms with Crippen LogP contribution in [0.3, 0.4) is 0 Å². The van der Waals surface area contributed by atoms with Gasteiger partial charge >= 0.3 is 0 Å². The van der Waals surface area contributed by atoms with Crippen LogP contribution in [0.25, 0.3) is 0 Å². The quantitative estimate of drug-likeness (QED) is 0.626. The first kappa shape index (κ1) is 18.3. The summed E-state index contributed by atoms with van der Waals surface area (Å²) in [7, 11) is 0. The Labute approximate surface area is 144 Å². The molecule has 0 spiro atoms. The van der Waals surface area contributed by atoms with Crippen molar-refractivity contribution in [3.63, 3.8) is 0 Å². The Bertz CT molecular complexity index is 792. The van der Waals surface area contributed by atoms with E-state index in [0.29, 0.717) is 0 Å². The smallest absolute Gasteiger partial charge is 0.255 e. The number of aromatic hydroxyl groups is 2. The third-order valence-corrected chi connectivity index (χ3v) is 3.60. The summed E-state index contributed by atoms with van der Waals surface area (Å²) in [6.07, 6.45) is 0. The standard InChI is InChI=1S/C18H19FN2O4/c1-10(2)16(18(25)20-13-5-3-4-6-15(13)23)21-17(24)12-9-11(19)7-8-14(12)22/h3-10,16,22-23H,1-2H3,(H,20,25)(H,21,24)/t16-/m0/s1. The van der Waals surface area contributed by atoms with E-state index in [0.717, 1.165) is 18.2 Å². The summed E-state index contributed by atoms with van der Waals surface area (Å²) >= 11 is 0. The van der Waals surface area contributed by atoms with E-state index in [9.17, 15) is 24.2 Å². The molecular formula is C18H19FN2O4. The van der Waals surface area contributed by atoms with Gasteiger partial charge in [0.15, 0.2) is 0 Å². The van der Waals surface area contributed by atoms with Gasteiger partial charge in [-0.25, -0.2) is 4.39 Å². The maximum absolute atomic E-state index is 13.3. The predicted molar refractivity (Wildman–Crippen MR) is 90.9 cm³/mol. The van der Waals surface area contributed by atoms with Crippen LogP contribution in [0.2, 0.25) is 0 Å². The fourth-order valence-electron chi connectivity index (χ4n) is 2.23. The molecule has 0 unspecified atom stereocenters. The molecule has 1 atom stereocenters. The highest BCUT2D eigenvalue weighted by Crippen LogP contribution is 2.22. The molecule has 2 amide bonds. The highest BCUT2D eigenvalue weighted by molar-refractivity contribution is 6.02. The number of benzene rings is 2. The largest absolute Gasteiger partial charge is 0.507 e. The zero-order valence-corrected chi connectivity index (χ0v) is 13.8. The van der Waals surface area contributed by atoms with Crippen LogP contribution >= 0.6 is 0 Å². The highest BCUT2D eigenvalue weighted by Gasteiger charge is 2.26. The molecule has 4 N–H and O–H groups in total. The normalized spacial score (nSPS) is 11.8. The van der Waals surface area contributed by atoms with Gasteiger partial charge < -0.3 is 20.8 Å². The lowest BCUT2D eigenvalue weighted by atomic mass is 10.0. The Hall–Kier alpha value is -3.09.